The van der Waals surface area contributed by atoms with Crippen LogP contribution in [-0.4, -0.2) is 36.6 Å². The summed E-state index contributed by atoms with van der Waals surface area (Å²) >= 11 is 0. The first-order chi connectivity index (χ1) is 7.29. The van der Waals surface area contributed by atoms with Crippen LogP contribution in [0.15, 0.2) is 0 Å². The molecule has 1 saturated heterocycles. The van der Waals surface area contributed by atoms with Gasteiger partial charge >= 0.3 is 0 Å². The lowest BCUT2D eigenvalue weighted by Gasteiger charge is -2.26. The standard InChI is InChI=1S/C13H26N2/c1-13(7-2-3-8-13)14-9-6-12-15-10-4-5-11-15/h14H,2-12H2,1H3. The number of nitrogens with one attached hydrogen (secondary N) is 1. The summed E-state index contributed by atoms with van der Waals surface area (Å²) in [7, 11) is 0. The van der Waals surface area contributed by atoms with Gasteiger partial charge < -0.3 is 10.2 Å². The number of likely N-dealkylation sites (tertiary alicyclic amines) is 1. The molecule has 0 aromatic rings. The van der Waals surface area contributed by atoms with Gasteiger partial charge in [0.05, 0.1) is 0 Å². The summed E-state index contributed by atoms with van der Waals surface area (Å²) in [6, 6.07) is 0. The van der Waals surface area contributed by atoms with Gasteiger partial charge in [0.25, 0.3) is 0 Å². The molecule has 2 nitrogen and oxygen atoms in total. The first-order valence-corrected chi connectivity index (χ1v) is 6.76. The Labute approximate surface area is 94.4 Å². The number of hydrogen-bond donors (Lipinski definition) is 1. The summed E-state index contributed by atoms with van der Waals surface area (Å²) < 4.78 is 0. The lowest BCUT2D eigenvalue weighted by molar-refractivity contribution is 0.308. The largest absolute Gasteiger partial charge is 0.311 e. The fourth-order valence-electron chi connectivity index (χ4n) is 3.03. The van der Waals surface area contributed by atoms with Gasteiger partial charge in [-0.3, -0.25) is 0 Å². The summed E-state index contributed by atoms with van der Waals surface area (Å²) in [5, 5.41) is 3.76. The first kappa shape index (κ1) is 11.4. The Morgan fingerprint density at radius 2 is 1.73 bits per heavy atom. The molecule has 2 rings (SSSR count). The first-order valence-electron chi connectivity index (χ1n) is 6.76. The molecule has 88 valence electrons. The Morgan fingerprint density at radius 1 is 1.07 bits per heavy atom. The summed E-state index contributed by atoms with van der Waals surface area (Å²) in [4.78, 5) is 2.61. The van der Waals surface area contributed by atoms with Crippen molar-refractivity contribution in [3.63, 3.8) is 0 Å². The monoisotopic (exact) mass is 210 g/mol. The second-order valence-corrected chi connectivity index (χ2v) is 5.60. The Bertz CT molecular complexity index is 179. The van der Waals surface area contributed by atoms with Gasteiger partial charge in [-0.25, -0.2) is 0 Å². The van der Waals surface area contributed by atoms with Crippen LogP contribution >= 0.6 is 0 Å². The molecule has 0 bridgehead atoms. The average Bonchev–Trinajstić information content (AvgIpc) is 2.84. The SMILES string of the molecule is CC1(NCCCN2CCCC2)CCCC1. The summed E-state index contributed by atoms with van der Waals surface area (Å²) in [5.74, 6) is 0. The highest BCUT2D eigenvalue weighted by Gasteiger charge is 2.27. The fraction of sp³-hybridized carbons (Fsp3) is 1.00. The maximum absolute atomic E-state index is 3.76. The van der Waals surface area contributed by atoms with E-state index < -0.39 is 0 Å². The third-order valence-electron chi connectivity index (χ3n) is 4.11. The molecule has 2 heteroatoms. The van der Waals surface area contributed by atoms with Crippen molar-refractivity contribution in [2.45, 2.75) is 57.4 Å². The van der Waals surface area contributed by atoms with Gasteiger partial charge in [0, 0.05) is 5.54 Å². The highest BCUT2D eigenvalue weighted by Crippen LogP contribution is 2.28. The molecule has 0 radical (unpaired) electrons. The predicted molar refractivity (Wildman–Crippen MR) is 65.2 cm³/mol. The maximum Gasteiger partial charge on any atom is 0.0153 e. The van der Waals surface area contributed by atoms with Crippen LogP contribution in [0.4, 0.5) is 0 Å². The zero-order valence-corrected chi connectivity index (χ0v) is 10.2. The average molecular weight is 210 g/mol. The normalized spacial score (nSPS) is 26.2. The molecule has 0 aromatic carbocycles. The Kier molecular flexibility index (Phi) is 4.04. The highest BCUT2D eigenvalue weighted by molar-refractivity contribution is 4.87. The minimum atomic E-state index is 0.477. The van der Waals surface area contributed by atoms with Crippen LogP contribution < -0.4 is 5.32 Å². The van der Waals surface area contributed by atoms with E-state index in [9.17, 15) is 0 Å². The molecule has 0 spiro atoms. The second kappa shape index (κ2) is 5.31. The predicted octanol–water partition coefficient (Wildman–Crippen LogP) is 2.39. The van der Waals surface area contributed by atoms with Gasteiger partial charge in [0.1, 0.15) is 0 Å². The molecule has 2 aliphatic rings. The Balaban J connectivity index is 1.54. The molecule has 0 aromatic heterocycles. The van der Waals surface area contributed by atoms with Gasteiger partial charge in [-0.2, -0.15) is 0 Å². The lowest BCUT2D eigenvalue weighted by Crippen LogP contribution is -2.40. The zero-order valence-electron chi connectivity index (χ0n) is 10.2. The van der Waals surface area contributed by atoms with Crippen molar-refractivity contribution in [1.82, 2.24) is 10.2 Å². The quantitative estimate of drug-likeness (QED) is 0.701. The third kappa shape index (κ3) is 3.46. The van der Waals surface area contributed by atoms with E-state index >= 15 is 0 Å². The van der Waals surface area contributed by atoms with Crippen LogP contribution in [-0.2, 0) is 0 Å². The van der Waals surface area contributed by atoms with Crippen LogP contribution in [0.2, 0.25) is 0 Å². The van der Waals surface area contributed by atoms with Crippen molar-refractivity contribution in [3.05, 3.63) is 0 Å². The van der Waals surface area contributed by atoms with E-state index in [1.54, 1.807) is 0 Å². The molecule has 0 amide bonds. The molecule has 0 unspecified atom stereocenters. The second-order valence-electron chi connectivity index (χ2n) is 5.60. The summed E-state index contributed by atoms with van der Waals surface area (Å²) in [6.45, 7) is 7.61. The van der Waals surface area contributed by atoms with Crippen LogP contribution in [0.25, 0.3) is 0 Å². The lowest BCUT2D eigenvalue weighted by atomic mass is 10.0. The summed E-state index contributed by atoms with van der Waals surface area (Å²) in [5.41, 5.74) is 0.477. The van der Waals surface area contributed by atoms with E-state index in [1.165, 1.54) is 71.1 Å². The van der Waals surface area contributed by atoms with Crippen LogP contribution in [0.1, 0.15) is 51.9 Å². The molecule has 0 atom stereocenters. The molecule has 2 fully saturated rings. The van der Waals surface area contributed by atoms with Crippen molar-refractivity contribution in [2.24, 2.45) is 0 Å². The number of nitrogens with zero attached hydrogens (tertiary/aromatic N) is 1. The molecule has 1 N–H and O–H groups in total. The van der Waals surface area contributed by atoms with Crippen LogP contribution in [0, 0.1) is 0 Å². The maximum atomic E-state index is 3.76. The van der Waals surface area contributed by atoms with Crippen molar-refractivity contribution in [2.75, 3.05) is 26.2 Å². The van der Waals surface area contributed by atoms with Gasteiger partial charge in [0.15, 0.2) is 0 Å². The minimum Gasteiger partial charge on any atom is -0.311 e. The van der Waals surface area contributed by atoms with E-state index in [4.69, 9.17) is 0 Å². The van der Waals surface area contributed by atoms with E-state index in [2.05, 4.69) is 17.1 Å². The highest BCUT2D eigenvalue weighted by atomic mass is 15.1. The van der Waals surface area contributed by atoms with Crippen LogP contribution in [0.5, 0.6) is 0 Å². The molecule has 1 aliphatic carbocycles. The Hall–Kier alpha value is -0.0800. The molecular weight excluding hydrogens is 184 g/mol. The molecular formula is C13H26N2. The van der Waals surface area contributed by atoms with Gasteiger partial charge in [-0.15, -0.1) is 0 Å². The third-order valence-corrected chi connectivity index (χ3v) is 4.11. The van der Waals surface area contributed by atoms with Gasteiger partial charge in [-0.05, 0) is 65.2 Å². The molecule has 1 heterocycles. The molecule has 1 aliphatic heterocycles. The van der Waals surface area contributed by atoms with Crippen molar-refractivity contribution >= 4 is 0 Å². The van der Waals surface area contributed by atoms with Crippen molar-refractivity contribution < 1.29 is 0 Å². The van der Waals surface area contributed by atoms with Crippen molar-refractivity contribution in [1.29, 1.82) is 0 Å². The van der Waals surface area contributed by atoms with Crippen molar-refractivity contribution in [3.8, 4) is 0 Å². The summed E-state index contributed by atoms with van der Waals surface area (Å²) in [6.07, 6.45) is 9.80. The van der Waals surface area contributed by atoms with E-state index in [1.807, 2.05) is 0 Å². The van der Waals surface area contributed by atoms with Gasteiger partial charge in [0.2, 0.25) is 0 Å². The zero-order chi connectivity index (χ0) is 10.6. The Morgan fingerprint density at radius 3 is 2.40 bits per heavy atom. The fourth-order valence-corrected chi connectivity index (χ4v) is 3.03. The topological polar surface area (TPSA) is 15.3 Å². The van der Waals surface area contributed by atoms with E-state index in [-0.39, 0.29) is 0 Å². The van der Waals surface area contributed by atoms with Gasteiger partial charge in [-0.1, -0.05) is 12.8 Å². The molecule has 15 heavy (non-hydrogen) atoms. The molecule has 1 saturated carbocycles. The van der Waals surface area contributed by atoms with E-state index in [0.717, 1.165) is 0 Å². The minimum absolute atomic E-state index is 0.477. The number of rotatable bonds is 5. The van der Waals surface area contributed by atoms with Crippen LogP contribution in [0.3, 0.4) is 0 Å². The van der Waals surface area contributed by atoms with E-state index in [0.29, 0.717) is 5.54 Å². The number of hydrogen-bond acceptors (Lipinski definition) is 2. The smallest absolute Gasteiger partial charge is 0.0153 e.